The van der Waals surface area contributed by atoms with E-state index >= 15 is 0 Å². The summed E-state index contributed by atoms with van der Waals surface area (Å²) in [5.74, 6) is 0.847. The van der Waals surface area contributed by atoms with E-state index in [1.54, 1.807) is 11.8 Å². The molecule has 2 amide bonds. The Morgan fingerprint density at radius 1 is 1.18 bits per heavy atom. The smallest absolute Gasteiger partial charge is 0.243 e. The van der Waals surface area contributed by atoms with Crippen molar-refractivity contribution in [1.29, 1.82) is 0 Å². The third-order valence-corrected chi connectivity index (χ3v) is 4.30. The van der Waals surface area contributed by atoms with E-state index in [-0.39, 0.29) is 22.5 Å². The molecular weight excluding hydrogens is 234 g/mol. The second-order valence-electron chi connectivity index (χ2n) is 6.80. The van der Waals surface area contributed by atoms with E-state index in [4.69, 9.17) is 0 Å². The van der Waals surface area contributed by atoms with E-state index < -0.39 is 5.54 Å². The van der Waals surface area contributed by atoms with E-state index in [9.17, 15) is 9.59 Å². The quantitative estimate of drug-likeness (QED) is 0.714. The van der Waals surface area contributed by atoms with Crippen LogP contribution < -0.4 is 0 Å². The van der Waals surface area contributed by atoms with Gasteiger partial charge in [0.2, 0.25) is 11.8 Å². The van der Waals surface area contributed by atoms with Gasteiger partial charge in [-0.1, -0.05) is 20.8 Å². The first-order valence-corrected chi connectivity index (χ1v) is 7.06. The fourth-order valence-electron chi connectivity index (χ4n) is 1.79. The second kappa shape index (κ2) is 4.63. The van der Waals surface area contributed by atoms with Gasteiger partial charge < -0.3 is 0 Å². The van der Waals surface area contributed by atoms with Crippen molar-refractivity contribution in [1.82, 2.24) is 4.90 Å². The summed E-state index contributed by atoms with van der Waals surface area (Å²) >= 11 is 1.61. The largest absolute Gasteiger partial charge is 0.276 e. The molecule has 1 fully saturated rings. The van der Waals surface area contributed by atoms with Gasteiger partial charge in [0.1, 0.15) is 0 Å². The predicted octanol–water partition coefficient (Wildman–Crippen LogP) is 2.69. The number of thioether (sulfide) groups is 1. The van der Waals surface area contributed by atoms with Crippen molar-refractivity contribution in [2.24, 2.45) is 5.41 Å². The number of amides is 2. The highest BCUT2D eigenvalue weighted by molar-refractivity contribution is 8.00. The van der Waals surface area contributed by atoms with E-state index in [0.717, 1.165) is 5.75 Å². The van der Waals surface area contributed by atoms with Crippen LogP contribution in [0, 0.1) is 5.41 Å². The predicted molar refractivity (Wildman–Crippen MR) is 71.9 cm³/mol. The zero-order valence-electron chi connectivity index (χ0n) is 11.7. The molecule has 1 heterocycles. The minimum absolute atomic E-state index is 0.0169. The average molecular weight is 257 g/mol. The first kappa shape index (κ1) is 14.6. The summed E-state index contributed by atoms with van der Waals surface area (Å²) in [5.41, 5.74) is -0.214. The van der Waals surface area contributed by atoms with Crippen molar-refractivity contribution in [2.45, 2.75) is 58.8 Å². The molecule has 1 saturated heterocycles. The number of hydrogen-bond acceptors (Lipinski definition) is 3. The maximum atomic E-state index is 12.2. The SMILES string of the molecule is CC(C)(C)CSC1CC(=O)N(C(C)(C)C)C1=O. The molecule has 0 aromatic heterocycles. The van der Waals surface area contributed by atoms with Gasteiger partial charge in [-0.3, -0.25) is 14.5 Å². The van der Waals surface area contributed by atoms with Gasteiger partial charge in [0.25, 0.3) is 0 Å². The molecule has 1 aliphatic heterocycles. The van der Waals surface area contributed by atoms with Crippen LogP contribution in [0.3, 0.4) is 0 Å². The van der Waals surface area contributed by atoms with Gasteiger partial charge in [0, 0.05) is 12.0 Å². The topological polar surface area (TPSA) is 37.4 Å². The van der Waals surface area contributed by atoms with Crippen LogP contribution in [0.5, 0.6) is 0 Å². The molecule has 0 aromatic carbocycles. The van der Waals surface area contributed by atoms with Crippen molar-refractivity contribution in [2.75, 3.05) is 5.75 Å². The number of imide groups is 1. The van der Waals surface area contributed by atoms with Crippen molar-refractivity contribution < 1.29 is 9.59 Å². The summed E-state index contributed by atoms with van der Waals surface area (Å²) in [6, 6.07) is 0. The molecule has 1 rings (SSSR count). The Kier molecular flexibility index (Phi) is 3.97. The second-order valence-corrected chi connectivity index (χ2v) is 7.99. The molecular formula is C13H23NO2S. The number of nitrogens with zero attached hydrogens (tertiary/aromatic N) is 1. The van der Waals surface area contributed by atoms with Gasteiger partial charge in [-0.15, -0.1) is 11.8 Å². The summed E-state index contributed by atoms with van der Waals surface area (Å²) in [6.07, 6.45) is 0.358. The van der Waals surface area contributed by atoms with Gasteiger partial charge >= 0.3 is 0 Å². The Morgan fingerprint density at radius 3 is 2.06 bits per heavy atom. The summed E-state index contributed by atoms with van der Waals surface area (Å²) in [6.45, 7) is 12.1. The molecule has 1 aliphatic rings. The zero-order valence-corrected chi connectivity index (χ0v) is 12.5. The molecule has 0 bridgehead atoms. The summed E-state index contributed by atoms with van der Waals surface area (Å²) < 4.78 is 0. The van der Waals surface area contributed by atoms with Crippen LogP contribution in [0.1, 0.15) is 48.0 Å². The number of likely N-dealkylation sites (tertiary alicyclic amines) is 1. The van der Waals surface area contributed by atoms with Crippen LogP contribution >= 0.6 is 11.8 Å². The van der Waals surface area contributed by atoms with Crippen molar-refractivity contribution in [3.63, 3.8) is 0 Å². The first-order valence-electron chi connectivity index (χ1n) is 6.01. The highest BCUT2D eigenvalue weighted by Gasteiger charge is 2.44. The van der Waals surface area contributed by atoms with Gasteiger partial charge in [0.05, 0.1) is 5.25 Å². The number of carbonyl (C=O) groups excluding carboxylic acids is 2. The van der Waals surface area contributed by atoms with E-state index in [1.807, 2.05) is 20.8 Å². The van der Waals surface area contributed by atoms with Gasteiger partial charge in [0.15, 0.2) is 0 Å². The fourth-order valence-corrected chi connectivity index (χ4v) is 3.00. The number of carbonyl (C=O) groups is 2. The van der Waals surface area contributed by atoms with Crippen LogP contribution in [0.4, 0.5) is 0 Å². The molecule has 0 radical (unpaired) electrons. The summed E-state index contributed by atoms with van der Waals surface area (Å²) in [4.78, 5) is 25.4. The van der Waals surface area contributed by atoms with Crippen LogP contribution in [0.15, 0.2) is 0 Å². The lowest BCUT2D eigenvalue weighted by atomic mass is 10.0. The minimum atomic E-state index is -0.398. The minimum Gasteiger partial charge on any atom is -0.276 e. The normalized spacial score (nSPS) is 22.5. The maximum Gasteiger partial charge on any atom is 0.243 e. The average Bonchev–Trinajstić information content (AvgIpc) is 2.35. The number of rotatable bonds is 2. The van der Waals surface area contributed by atoms with Crippen LogP contribution in [-0.2, 0) is 9.59 Å². The molecule has 4 heteroatoms. The Bertz CT molecular complexity index is 325. The highest BCUT2D eigenvalue weighted by atomic mass is 32.2. The van der Waals surface area contributed by atoms with Crippen LogP contribution in [-0.4, -0.2) is 33.3 Å². The third-order valence-electron chi connectivity index (χ3n) is 2.49. The van der Waals surface area contributed by atoms with Gasteiger partial charge in [-0.2, -0.15) is 0 Å². The van der Waals surface area contributed by atoms with E-state index in [1.165, 1.54) is 4.90 Å². The fraction of sp³-hybridized carbons (Fsp3) is 0.846. The van der Waals surface area contributed by atoms with Crippen molar-refractivity contribution in [3.8, 4) is 0 Å². The third kappa shape index (κ3) is 3.73. The first-order chi connectivity index (χ1) is 7.52. The molecule has 0 aromatic rings. The molecule has 3 nitrogen and oxygen atoms in total. The van der Waals surface area contributed by atoms with Crippen LogP contribution in [0.25, 0.3) is 0 Å². The maximum absolute atomic E-state index is 12.2. The Labute approximate surface area is 108 Å². The standard InChI is InChI=1S/C13H23NO2S/c1-12(2,3)8-17-9-7-10(15)14(11(9)16)13(4,5)6/h9H,7-8H2,1-6H3. The summed E-state index contributed by atoms with van der Waals surface area (Å²) in [7, 11) is 0. The van der Waals surface area contributed by atoms with Gasteiger partial charge in [-0.25, -0.2) is 0 Å². The lowest BCUT2D eigenvalue weighted by Gasteiger charge is -2.30. The molecule has 17 heavy (non-hydrogen) atoms. The molecule has 0 spiro atoms. The number of hydrogen-bond donors (Lipinski definition) is 0. The molecule has 98 valence electrons. The van der Waals surface area contributed by atoms with Crippen molar-refractivity contribution >= 4 is 23.6 Å². The highest BCUT2D eigenvalue weighted by Crippen LogP contribution is 2.33. The Balaban J connectivity index is 2.69. The van der Waals surface area contributed by atoms with Crippen LogP contribution in [0.2, 0.25) is 0 Å². The zero-order chi connectivity index (χ0) is 13.4. The Hall–Kier alpha value is -0.510. The molecule has 0 N–H and O–H groups in total. The molecule has 0 saturated carbocycles. The lowest BCUT2D eigenvalue weighted by molar-refractivity contribution is -0.143. The van der Waals surface area contributed by atoms with E-state index in [2.05, 4.69) is 20.8 Å². The van der Waals surface area contributed by atoms with E-state index in [0.29, 0.717) is 6.42 Å². The van der Waals surface area contributed by atoms with Gasteiger partial charge in [-0.05, 0) is 31.9 Å². The van der Waals surface area contributed by atoms with Crippen molar-refractivity contribution in [3.05, 3.63) is 0 Å². The summed E-state index contributed by atoms with van der Waals surface area (Å²) in [5, 5.41) is -0.180. The Morgan fingerprint density at radius 2 is 1.71 bits per heavy atom. The molecule has 1 unspecified atom stereocenters. The monoisotopic (exact) mass is 257 g/mol. The molecule has 1 atom stereocenters. The lowest BCUT2D eigenvalue weighted by Crippen LogP contribution is -2.46. The molecule has 0 aliphatic carbocycles.